The normalized spacial score (nSPS) is 10.6. The number of thiazole rings is 1. The summed E-state index contributed by atoms with van der Waals surface area (Å²) in [6, 6.07) is 0. The number of amides is 1. The molecule has 3 nitrogen and oxygen atoms in total. The Morgan fingerprint density at radius 3 is 2.78 bits per heavy atom. The van der Waals surface area contributed by atoms with E-state index in [1.807, 2.05) is 6.92 Å². The van der Waals surface area contributed by atoms with Gasteiger partial charge in [0.25, 0.3) is 0 Å². The number of carbonyl (C=O) groups is 1. The van der Waals surface area contributed by atoms with Gasteiger partial charge in [0.1, 0.15) is 0 Å². The summed E-state index contributed by atoms with van der Waals surface area (Å²) in [7, 11) is 0. The predicted octanol–water partition coefficient (Wildman–Crippen LogP) is 3.34. The van der Waals surface area contributed by atoms with Crippen molar-refractivity contribution in [1.29, 1.82) is 0 Å². The van der Waals surface area contributed by atoms with Crippen molar-refractivity contribution in [3.05, 3.63) is 36.4 Å². The van der Waals surface area contributed by atoms with Crippen molar-refractivity contribution in [2.45, 2.75) is 26.8 Å². The van der Waals surface area contributed by atoms with E-state index in [4.69, 9.17) is 12.2 Å². The van der Waals surface area contributed by atoms with Crippen LogP contribution in [0.2, 0.25) is 0 Å². The smallest absolute Gasteiger partial charge is 0.225 e. The number of hydrogen-bond donors (Lipinski definition) is 2. The van der Waals surface area contributed by atoms with Crippen LogP contribution in [0.25, 0.3) is 0 Å². The van der Waals surface area contributed by atoms with E-state index < -0.39 is 0 Å². The van der Waals surface area contributed by atoms with Crippen LogP contribution in [-0.2, 0) is 17.8 Å². The second-order valence-corrected chi connectivity index (χ2v) is 6.61. The zero-order valence-electron chi connectivity index (χ0n) is 10.2. The summed E-state index contributed by atoms with van der Waals surface area (Å²) in [6.07, 6.45) is 0.396. The average Bonchev–Trinajstić information content (AvgIpc) is 2.83. The highest BCUT2D eigenvalue weighted by molar-refractivity contribution is 7.73. The van der Waals surface area contributed by atoms with Crippen molar-refractivity contribution < 1.29 is 4.79 Å². The lowest BCUT2D eigenvalue weighted by molar-refractivity contribution is -0.120. The fourth-order valence-electron chi connectivity index (χ4n) is 1.58. The lowest BCUT2D eigenvalue weighted by atomic mass is 10.2. The molecule has 1 amide bonds. The van der Waals surface area contributed by atoms with Crippen LogP contribution in [0.5, 0.6) is 0 Å². The van der Waals surface area contributed by atoms with E-state index >= 15 is 0 Å². The van der Waals surface area contributed by atoms with Gasteiger partial charge in [0.15, 0.2) is 3.95 Å². The van der Waals surface area contributed by atoms with Gasteiger partial charge in [-0.05, 0) is 48.0 Å². The molecule has 0 aromatic carbocycles. The largest absolute Gasteiger partial charge is 0.352 e. The van der Waals surface area contributed by atoms with Crippen LogP contribution < -0.4 is 5.32 Å². The Morgan fingerprint density at radius 2 is 2.22 bits per heavy atom. The van der Waals surface area contributed by atoms with Crippen molar-refractivity contribution in [2.75, 3.05) is 0 Å². The zero-order chi connectivity index (χ0) is 13.1. The van der Waals surface area contributed by atoms with Crippen LogP contribution in [0.4, 0.5) is 0 Å². The maximum atomic E-state index is 11.8. The van der Waals surface area contributed by atoms with Gasteiger partial charge in [-0.25, -0.2) is 0 Å². The molecule has 0 radical (unpaired) electrons. The monoisotopic (exact) mass is 298 g/mol. The lowest BCUT2D eigenvalue weighted by Gasteiger charge is -2.04. The van der Waals surface area contributed by atoms with Gasteiger partial charge in [0, 0.05) is 17.1 Å². The number of aromatic amines is 1. The van der Waals surface area contributed by atoms with E-state index in [0.717, 1.165) is 14.5 Å². The van der Waals surface area contributed by atoms with Gasteiger partial charge in [0.05, 0.1) is 6.42 Å². The molecule has 2 N–H and O–H groups in total. The molecule has 0 aliphatic heterocycles. The van der Waals surface area contributed by atoms with E-state index in [2.05, 4.69) is 28.0 Å². The molecular weight excluding hydrogens is 284 g/mol. The van der Waals surface area contributed by atoms with Gasteiger partial charge in [-0.15, -0.1) is 11.3 Å². The molecule has 18 heavy (non-hydrogen) atoms. The molecule has 6 heteroatoms. The third-order valence-corrected chi connectivity index (χ3v) is 4.93. The number of nitrogens with one attached hydrogen (secondary N) is 2. The minimum absolute atomic E-state index is 0.0361. The molecule has 0 spiro atoms. The number of rotatable bonds is 4. The van der Waals surface area contributed by atoms with E-state index in [0.29, 0.717) is 13.0 Å². The molecule has 0 saturated heterocycles. The first-order chi connectivity index (χ1) is 8.56. The molecule has 0 bridgehead atoms. The highest BCUT2D eigenvalue weighted by atomic mass is 32.1. The van der Waals surface area contributed by atoms with Gasteiger partial charge in [-0.3, -0.25) is 4.79 Å². The summed E-state index contributed by atoms with van der Waals surface area (Å²) in [5.74, 6) is 0.0361. The first-order valence-corrected chi connectivity index (χ1v) is 7.70. The molecule has 96 valence electrons. The van der Waals surface area contributed by atoms with Crippen LogP contribution in [0.3, 0.4) is 0 Å². The van der Waals surface area contributed by atoms with Gasteiger partial charge in [0.2, 0.25) is 5.91 Å². The minimum Gasteiger partial charge on any atom is -0.352 e. The van der Waals surface area contributed by atoms with Gasteiger partial charge in [-0.1, -0.05) is 0 Å². The lowest BCUT2D eigenvalue weighted by Crippen LogP contribution is -2.24. The Balaban J connectivity index is 1.92. The predicted molar refractivity (Wildman–Crippen MR) is 78.8 cm³/mol. The molecular formula is C12H14N2OS3. The molecule has 2 rings (SSSR count). The number of H-pyrrole nitrogens is 1. The Labute approximate surface area is 119 Å². The minimum atomic E-state index is 0.0361. The Bertz CT molecular complexity index is 609. The van der Waals surface area contributed by atoms with Crippen LogP contribution >= 0.6 is 34.9 Å². The Kier molecular flexibility index (Phi) is 4.31. The first kappa shape index (κ1) is 13.5. The van der Waals surface area contributed by atoms with Gasteiger partial charge in [-0.2, -0.15) is 11.3 Å². The summed E-state index contributed by atoms with van der Waals surface area (Å²) in [5.41, 5.74) is 3.41. The maximum Gasteiger partial charge on any atom is 0.225 e. The fraction of sp³-hybridized carbons (Fsp3) is 0.333. The molecule has 0 atom stereocenters. The SMILES string of the molecule is Cc1cscc1CNC(=O)Cc1sc(=S)[nH]c1C. The molecule has 0 unspecified atom stereocenters. The number of aromatic nitrogens is 1. The topological polar surface area (TPSA) is 44.9 Å². The summed E-state index contributed by atoms with van der Waals surface area (Å²) < 4.78 is 0.726. The molecule has 0 fully saturated rings. The van der Waals surface area contributed by atoms with Gasteiger partial charge >= 0.3 is 0 Å². The van der Waals surface area contributed by atoms with Crippen molar-refractivity contribution in [3.8, 4) is 0 Å². The highest BCUT2D eigenvalue weighted by Gasteiger charge is 2.09. The zero-order valence-corrected chi connectivity index (χ0v) is 12.7. The number of aryl methyl sites for hydroxylation is 2. The molecule has 2 aromatic rings. The third kappa shape index (κ3) is 3.28. The average molecular weight is 298 g/mol. The van der Waals surface area contributed by atoms with Crippen molar-refractivity contribution >= 4 is 40.8 Å². The summed E-state index contributed by atoms with van der Waals surface area (Å²) >= 11 is 8.18. The Hall–Kier alpha value is -0.980. The van der Waals surface area contributed by atoms with Crippen molar-refractivity contribution in [1.82, 2.24) is 10.3 Å². The summed E-state index contributed by atoms with van der Waals surface area (Å²) in [5, 5.41) is 7.09. The number of carbonyl (C=O) groups excluding carboxylic acids is 1. The van der Waals surface area contributed by atoms with E-state index in [9.17, 15) is 4.79 Å². The first-order valence-electron chi connectivity index (χ1n) is 5.53. The van der Waals surface area contributed by atoms with E-state index in [1.165, 1.54) is 22.5 Å². The van der Waals surface area contributed by atoms with Crippen LogP contribution in [0, 0.1) is 17.8 Å². The Morgan fingerprint density at radius 1 is 1.44 bits per heavy atom. The van der Waals surface area contributed by atoms with E-state index in [1.54, 1.807) is 11.3 Å². The van der Waals surface area contributed by atoms with Crippen molar-refractivity contribution in [2.24, 2.45) is 0 Å². The maximum absolute atomic E-state index is 11.8. The fourth-order valence-corrected chi connectivity index (χ4v) is 3.72. The molecule has 0 aliphatic rings. The molecule has 2 aromatic heterocycles. The number of hydrogen-bond acceptors (Lipinski definition) is 4. The highest BCUT2D eigenvalue weighted by Crippen LogP contribution is 2.16. The standard InChI is InChI=1S/C12H14N2OS3/c1-7-5-17-6-9(7)4-13-11(15)3-10-8(2)14-12(16)18-10/h5-6H,3-4H2,1-2H3,(H,13,15)(H,14,16). The summed E-state index contributed by atoms with van der Waals surface area (Å²) in [4.78, 5) is 15.9. The molecule has 2 heterocycles. The van der Waals surface area contributed by atoms with Crippen LogP contribution in [0.15, 0.2) is 10.8 Å². The second-order valence-electron chi connectivity index (χ2n) is 4.10. The van der Waals surface area contributed by atoms with Crippen LogP contribution in [0.1, 0.15) is 21.7 Å². The molecule has 0 saturated carbocycles. The number of thiophene rings is 1. The third-order valence-electron chi connectivity index (χ3n) is 2.68. The van der Waals surface area contributed by atoms with Crippen molar-refractivity contribution in [3.63, 3.8) is 0 Å². The quantitative estimate of drug-likeness (QED) is 0.850. The van der Waals surface area contributed by atoms with Gasteiger partial charge < -0.3 is 10.3 Å². The molecule has 0 aliphatic carbocycles. The second kappa shape index (κ2) is 5.77. The van der Waals surface area contributed by atoms with E-state index in [-0.39, 0.29) is 5.91 Å². The summed E-state index contributed by atoms with van der Waals surface area (Å²) in [6.45, 7) is 4.60. The van der Waals surface area contributed by atoms with Crippen LogP contribution in [-0.4, -0.2) is 10.9 Å².